The summed E-state index contributed by atoms with van der Waals surface area (Å²) in [6.07, 6.45) is 0.0477. The number of aliphatic hydroxyl groups excluding tert-OH is 1. The minimum absolute atomic E-state index is 0.193. The van der Waals surface area contributed by atoms with Crippen LogP contribution in [-0.2, 0) is 17.8 Å². The molecule has 0 aliphatic rings. The first-order valence-electron chi connectivity index (χ1n) is 10.0. The Kier molecular flexibility index (Phi) is 7.70. The topological polar surface area (TPSA) is 103 Å². The monoisotopic (exact) mass is 428 g/mol. The standard InChI is InChI=1S/C22H28N4O3S/c1-15(2)12-26-21(10-9-20(23)28)24-25-22(26)30-14-18(27)13-29-19-8-7-16-5-3-4-6-17(16)11-19/h3-8,11,15,18,27H,9-10,12-14H2,1-2H3,(H2,23,28). The Labute approximate surface area is 180 Å². The molecular formula is C22H28N4O3S. The zero-order valence-corrected chi connectivity index (χ0v) is 18.1. The Hall–Kier alpha value is -2.58. The van der Waals surface area contributed by atoms with Crippen LogP contribution in [-0.4, -0.2) is 44.2 Å². The first-order valence-corrected chi connectivity index (χ1v) is 11.0. The van der Waals surface area contributed by atoms with Gasteiger partial charge in [0.1, 0.15) is 18.2 Å². The SMILES string of the molecule is CC(C)Cn1c(CCC(N)=O)nnc1SCC(O)COc1ccc2ccccc2c1. The van der Waals surface area contributed by atoms with Crippen LogP contribution in [0.4, 0.5) is 0 Å². The molecule has 1 atom stereocenters. The lowest BCUT2D eigenvalue weighted by Gasteiger charge is -2.14. The van der Waals surface area contributed by atoms with Gasteiger partial charge < -0.3 is 20.1 Å². The summed E-state index contributed by atoms with van der Waals surface area (Å²) in [4.78, 5) is 11.1. The number of nitrogens with zero attached hydrogens (tertiary/aromatic N) is 3. The number of hydrogen-bond donors (Lipinski definition) is 2. The molecule has 0 aliphatic heterocycles. The van der Waals surface area contributed by atoms with Crippen molar-refractivity contribution in [2.75, 3.05) is 12.4 Å². The number of aliphatic hydroxyl groups is 1. The zero-order chi connectivity index (χ0) is 21.5. The summed E-state index contributed by atoms with van der Waals surface area (Å²) in [7, 11) is 0. The van der Waals surface area contributed by atoms with Crippen molar-refractivity contribution < 1.29 is 14.6 Å². The molecule has 0 spiro atoms. The number of thioether (sulfide) groups is 1. The number of aromatic nitrogens is 3. The van der Waals surface area contributed by atoms with Crippen LogP contribution in [0.5, 0.6) is 5.75 Å². The van der Waals surface area contributed by atoms with Gasteiger partial charge in [-0.3, -0.25) is 4.79 Å². The maximum atomic E-state index is 11.1. The number of carbonyl (C=O) groups is 1. The fourth-order valence-electron chi connectivity index (χ4n) is 3.06. The second-order valence-corrected chi connectivity index (χ2v) is 8.64. The Morgan fingerprint density at radius 2 is 1.97 bits per heavy atom. The molecule has 0 saturated carbocycles. The maximum absolute atomic E-state index is 11.1. The van der Waals surface area contributed by atoms with Crippen LogP contribution < -0.4 is 10.5 Å². The molecular weight excluding hydrogens is 400 g/mol. The van der Waals surface area contributed by atoms with Crippen molar-refractivity contribution in [3.63, 3.8) is 0 Å². The highest BCUT2D eigenvalue weighted by atomic mass is 32.2. The fourth-order valence-corrected chi connectivity index (χ4v) is 3.93. The van der Waals surface area contributed by atoms with Crippen molar-refractivity contribution in [3.8, 4) is 5.75 Å². The first-order chi connectivity index (χ1) is 14.4. The predicted octanol–water partition coefficient (Wildman–Crippen LogP) is 3.04. The average Bonchev–Trinajstić information content (AvgIpc) is 3.09. The maximum Gasteiger partial charge on any atom is 0.217 e. The van der Waals surface area contributed by atoms with Crippen molar-refractivity contribution in [1.82, 2.24) is 14.8 Å². The van der Waals surface area contributed by atoms with Crippen LogP contribution in [0.3, 0.4) is 0 Å². The Balaban J connectivity index is 1.56. The van der Waals surface area contributed by atoms with Crippen LogP contribution in [0, 0.1) is 5.92 Å². The Morgan fingerprint density at radius 1 is 1.20 bits per heavy atom. The van der Waals surface area contributed by atoms with Gasteiger partial charge in [-0.2, -0.15) is 0 Å². The number of aryl methyl sites for hydroxylation is 1. The van der Waals surface area contributed by atoms with Crippen molar-refractivity contribution in [2.24, 2.45) is 11.7 Å². The lowest BCUT2D eigenvalue weighted by molar-refractivity contribution is -0.118. The first kappa shape index (κ1) is 22.1. The number of ether oxygens (including phenoxy) is 1. The fraction of sp³-hybridized carbons (Fsp3) is 0.409. The molecule has 0 aliphatic carbocycles. The predicted molar refractivity (Wildman–Crippen MR) is 119 cm³/mol. The average molecular weight is 429 g/mol. The van der Waals surface area contributed by atoms with Crippen LogP contribution in [0.15, 0.2) is 47.6 Å². The number of carbonyl (C=O) groups excluding carboxylic acids is 1. The Morgan fingerprint density at radius 3 is 2.70 bits per heavy atom. The minimum Gasteiger partial charge on any atom is -0.491 e. The molecule has 1 amide bonds. The number of fused-ring (bicyclic) bond motifs is 1. The minimum atomic E-state index is -0.653. The van der Waals surface area contributed by atoms with Crippen molar-refractivity contribution in [3.05, 3.63) is 48.3 Å². The molecule has 0 bridgehead atoms. The van der Waals surface area contributed by atoms with Gasteiger partial charge in [0.25, 0.3) is 0 Å². The highest BCUT2D eigenvalue weighted by molar-refractivity contribution is 7.99. The largest absolute Gasteiger partial charge is 0.491 e. The van der Waals surface area contributed by atoms with Crippen LogP contribution in [0.2, 0.25) is 0 Å². The van der Waals surface area contributed by atoms with Gasteiger partial charge in [0, 0.05) is 25.1 Å². The van der Waals surface area contributed by atoms with E-state index in [4.69, 9.17) is 10.5 Å². The number of nitrogens with two attached hydrogens (primary N) is 1. The lowest BCUT2D eigenvalue weighted by Crippen LogP contribution is -2.20. The van der Waals surface area contributed by atoms with Crippen molar-refractivity contribution in [2.45, 2.75) is 44.5 Å². The molecule has 1 heterocycles. The smallest absolute Gasteiger partial charge is 0.217 e. The van der Waals surface area contributed by atoms with E-state index in [0.29, 0.717) is 18.1 Å². The lowest BCUT2D eigenvalue weighted by atomic mass is 10.1. The van der Waals surface area contributed by atoms with Gasteiger partial charge in [0.15, 0.2) is 5.16 Å². The van der Waals surface area contributed by atoms with Crippen LogP contribution in [0.25, 0.3) is 10.8 Å². The summed E-state index contributed by atoms with van der Waals surface area (Å²) in [6, 6.07) is 14.0. The van der Waals surface area contributed by atoms with Gasteiger partial charge in [-0.25, -0.2) is 0 Å². The third kappa shape index (κ3) is 6.21. The molecule has 2 aromatic carbocycles. The molecule has 3 aromatic rings. The number of rotatable bonds is 11. The quantitative estimate of drug-likeness (QED) is 0.455. The van der Waals surface area contributed by atoms with Gasteiger partial charge in [0.2, 0.25) is 5.91 Å². The molecule has 0 fully saturated rings. The molecule has 1 unspecified atom stereocenters. The van der Waals surface area contributed by atoms with E-state index in [1.807, 2.05) is 41.0 Å². The molecule has 0 saturated heterocycles. The molecule has 30 heavy (non-hydrogen) atoms. The molecule has 3 N–H and O–H groups in total. The van der Waals surface area contributed by atoms with Crippen LogP contribution >= 0.6 is 11.8 Å². The second kappa shape index (κ2) is 10.4. The molecule has 0 radical (unpaired) electrons. The second-order valence-electron chi connectivity index (χ2n) is 7.65. The zero-order valence-electron chi connectivity index (χ0n) is 17.3. The summed E-state index contributed by atoms with van der Waals surface area (Å²) in [6.45, 7) is 5.16. The third-order valence-electron chi connectivity index (χ3n) is 4.50. The van der Waals surface area contributed by atoms with Gasteiger partial charge in [-0.05, 0) is 28.8 Å². The molecule has 160 valence electrons. The summed E-state index contributed by atoms with van der Waals surface area (Å²) in [5.41, 5.74) is 5.26. The van der Waals surface area contributed by atoms with E-state index in [9.17, 15) is 9.90 Å². The highest BCUT2D eigenvalue weighted by Gasteiger charge is 2.16. The van der Waals surface area contributed by atoms with Crippen LogP contribution in [0.1, 0.15) is 26.1 Å². The number of amides is 1. The van der Waals surface area contributed by atoms with E-state index in [2.05, 4.69) is 30.1 Å². The van der Waals surface area contributed by atoms with E-state index in [0.717, 1.165) is 34.0 Å². The van der Waals surface area contributed by atoms with Crippen molar-refractivity contribution >= 4 is 28.4 Å². The van der Waals surface area contributed by atoms with Gasteiger partial charge in [-0.1, -0.05) is 55.9 Å². The summed E-state index contributed by atoms with van der Waals surface area (Å²) in [5, 5.41) is 21.8. The summed E-state index contributed by atoms with van der Waals surface area (Å²) in [5.74, 6) is 1.94. The number of benzene rings is 2. The molecule has 3 rings (SSSR count). The third-order valence-corrected chi connectivity index (χ3v) is 5.62. The normalized spacial score (nSPS) is 12.4. The molecule has 1 aromatic heterocycles. The Bertz CT molecular complexity index is 989. The molecule has 8 heteroatoms. The van der Waals surface area contributed by atoms with Gasteiger partial charge in [-0.15, -0.1) is 10.2 Å². The van der Waals surface area contributed by atoms with E-state index in [1.54, 1.807) is 0 Å². The van der Waals surface area contributed by atoms with E-state index < -0.39 is 6.10 Å². The number of primary amides is 1. The van der Waals surface area contributed by atoms with Gasteiger partial charge >= 0.3 is 0 Å². The summed E-state index contributed by atoms with van der Waals surface area (Å²) >= 11 is 1.43. The van der Waals surface area contributed by atoms with E-state index >= 15 is 0 Å². The van der Waals surface area contributed by atoms with Gasteiger partial charge in [0.05, 0.1) is 6.10 Å². The number of hydrogen-bond acceptors (Lipinski definition) is 6. The highest BCUT2D eigenvalue weighted by Crippen LogP contribution is 2.23. The van der Waals surface area contributed by atoms with E-state index in [-0.39, 0.29) is 18.9 Å². The summed E-state index contributed by atoms with van der Waals surface area (Å²) < 4.78 is 7.78. The molecule has 7 nitrogen and oxygen atoms in total. The van der Waals surface area contributed by atoms with Crippen molar-refractivity contribution in [1.29, 1.82) is 0 Å². The van der Waals surface area contributed by atoms with E-state index in [1.165, 1.54) is 11.8 Å².